The predicted molar refractivity (Wildman–Crippen MR) is 183 cm³/mol. The van der Waals surface area contributed by atoms with Crippen molar-refractivity contribution in [3.05, 3.63) is 84.0 Å². The van der Waals surface area contributed by atoms with Gasteiger partial charge in [0, 0.05) is 39.6 Å². The van der Waals surface area contributed by atoms with Crippen LogP contribution in [-0.4, -0.2) is 58.8 Å². The van der Waals surface area contributed by atoms with Crippen LogP contribution < -0.4 is 10.1 Å². The number of hydrogen-bond donors (Lipinski definition) is 3. The topological polar surface area (TPSA) is 99.1 Å². The van der Waals surface area contributed by atoms with Crippen molar-refractivity contribution in [2.45, 2.75) is 83.8 Å². The van der Waals surface area contributed by atoms with Crippen LogP contribution >= 0.6 is 0 Å². The molecule has 0 aliphatic heterocycles. The second-order valence-electron chi connectivity index (χ2n) is 15.6. The fourth-order valence-electron chi connectivity index (χ4n) is 11.1. The Morgan fingerprint density at radius 1 is 0.936 bits per heavy atom. The molecule has 2 aromatic carbocycles. The Morgan fingerprint density at radius 2 is 1.62 bits per heavy atom. The number of hydrogen-bond acceptors (Lipinski definition) is 5. The number of anilines is 1. The Hall–Kier alpha value is -3.42. The number of nitrogens with one attached hydrogen (secondary N) is 1. The molecule has 1 unspecified atom stereocenters. The molecule has 3 saturated carbocycles. The molecular formula is C40H50N2O5. The molecule has 2 amide bonds. The minimum atomic E-state index is -1.11. The van der Waals surface area contributed by atoms with E-state index in [1.54, 1.807) is 12.0 Å². The van der Waals surface area contributed by atoms with Crippen molar-refractivity contribution in [3.63, 3.8) is 0 Å². The van der Waals surface area contributed by atoms with Gasteiger partial charge in [-0.1, -0.05) is 57.2 Å². The number of allylic oxidation sites excluding steroid dienone is 4. The van der Waals surface area contributed by atoms with Crippen LogP contribution in [0.25, 0.3) is 0 Å². The summed E-state index contributed by atoms with van der Waals surface area (Å²) in [5.41, 5.74) is -0.471. The maximum atomic E-state index is 14.7. The fraction of sp³-hybridized carbons (Fsp3) is 0.550. The second kappa shape index (κ2) is 11.3. The molecule has 3 N–H and O–H groups in total. The zero-order valence-corrected chi connectivity index (χ0v) is 28.3. The van der Waals surface area contributed by atoms with Crippen molar-refractivity contribution >= 4 is 17.5 Å². The van der Waals surface area contributed by atoms with Crippen molar-refractivity contribution in [3.8, 4) is 5.75 Å². The standard InChI is InChI=1S/C40H50N2O5/c1-5-23-42(35(45)41-28-9-7-6-8-10-28)26-39(46)20-17-33-37(39,3)19-16-32-36(2)18-15-29(43)24-38(36)21-22-40(32,33)31(25-38)34(44)27-11-13-30(47-4)14-12-27/h6-14,21-22,25,29,32-33,43,46H,5,15-20,23-24,26H2,1-4H3,(H,41,45)/t29?,32-,33-,36-,37+,38+,39-,40-/m1/s1. The lowest BCUT2D eigenvalue weighted by molar-refractivity contribution is -0.174. The average molecular weight is 639 g/mol. The molecule has 6 aliphatic rings. The van der Waals surface area contributed by atoms with Crippen molar-refractivity contribution < 1.29 is 24.5 Å². The molecule has 6 aliphatic carbocycles. The van der Waals surface area contributed by atoms with Crippen molar-refractivity contribution in [1.82, 2.24) is 4.90 Å². The van der Waals surface area contributed by atoms with Crippen molar-refractivity contribution in [2.24, 2.45) is 33.5 Å². The Morgan fingerprint density at radius 3 is 2.32 bits per heavy atom. The molecular weight excluding hydrogens is 588 g/mol. The van der Waals surface area contributed by atoms with E-state index in [4.69, 9.17) is 4.74 Å². The number of carbonyl (C=O) groups is 2. The maximum absolute atomic E-state index is 14.7. The molecule has 0 saturated heterocycles. The van der Waals surface area contributed by atoms with E-state index >= 15 is 0 Å². The van der Waals surface area contributed by atoms with E-state index in [0.29, 0.717) is 30.7 Å². The van der Waals surface area contributed by atoms with E-state index < -0.39 is 22.5 Å². The van der Waals surface area contributed by atoms with Gasteiger partial charge < -0.3 is 25.2 Å². The molecule has 250 valence electrons. The summed E-state index contributed by atoms with van der Waals surface area (Å²) in [5.74, 6) is 0.963. The first kappa shape index (κ1) is 32.1. The quantitative estimate of drug-likeness (QED) is 0.207. The summed E-state index contributed by atoms with van der Waals surface area (Å²) in [6, 6.07) is 16.7. The lowest BCUT2D eigenvalue weighted by Crippen LogP contribution is -2.67. The lowest BCUT2D eigenvalue weighted by atomic mass is 9.32. The fourth-order valence-corrected chi connectivity index (χ4v) is 11.1. The molecule has 8 atom stereocenters. The number of aliphatic hydroxyl groups is 2. The maximum Gasteiger partial charge on any atom is 0.321 e. The van der Waals surface area contributed by atoms with Gasteiger partial charge in [0.1, 0.15) is 5.75 Å². The molecule has 0 heterocycles. The van der Waals surface area contributed by atoms with E-state index in [1.165, 1.54) is 0 Å². The number of nitrogens with zero attached hydrogens (tertiary/aromatic N) is 1. The number of urea groups is 1. The molecule has 0 radical (unpaired) electrons. The Balaban J connectivity index is 1.28. The van der Waals surface area contributed by atoms with Gasteiger partial charge in [-0.25, -0.2) is 4.79 Å². The highest BCUT2D eigenvalue weighted by Crippen LogP contribution is 2.78. The number of aliphatic hydroxyl groups excluding tert-OH is 1. The number of ketones is 1. The van der Waals surface area contributed by atoms with Gasteiger partial charge in [0.15, 0.2) is 5.78 Å². The van der Waals surface area contributed by atoms with Gasteiger partial charge in [0.2, 0.25) is 0 Å². The highest BCUT2D eigenvalue weighted by Gasteiger charge is 2.74. The van der Waals surface area contributed by atoms with Gasteiger partial charge in [-0.05, 0) is 105 Å². The third kappa shape index (κ3) is 4.59. The first-order valence-corrected chi connectivity index (χ1v) is 17.6. The largest absolute Gasteiger partial charge is 0.497 e. The van der Waals surface area contributed by atoms with Gasteiger partial charge in [-0.15, -0.1) is 0 Å². The van der Waals surface area contributed by atoms with Crippen LogP contribution in [0.1, 0.15) is 82.5 Å². The number of carbonyl (C=O) groups excluding carboxylic acids is 2. The smallest absolute Gasteiger partial charge is 0.321 e. The number of benzene rings is 2. The summed E-state index contributed by atoms with van der Waals surface area (Å²) in [6.07, 6.45) is 12.6. The summed E-state index contributed by atoms with van der Waals surface area (Å²) in [6.45, 7) is 7.46. The van der Waals surface area contributed by atoms with Crippen LogP contribution in [0.4, 0.5) is 10.5 Å². The average Bonchev–Trinajstić information content (AvgIpc) is 3.34. The first-order chi connectivity index (χ1) is 22.5. The number of Topliss-reactive ketones (excluding diaryl/α,β-unsaturated/α-hetero) is 1. The van der Waals surface area contributed by atoms with Gasteiger partial charge in [0.05, 0.1) is 25.4 Å². The van der Waals surface area contributed by atoms with Crippen molar-refractivity contribution in [1.29, 1.82) is 0 Å². The number of ether oxygens (including phenoxy) is 1. The van der Waals surface area contributed by atoms with E-state index in [0.717, 1.165) is 49.8 Å². The summed E-state index contributed by atoms with van der Waals surface area (Å²) in [7, 11) is 1.62. The van der Waals surface area contributed by atoms with Crippen LogP contribution in [0.15, 0.2) is 78.4 Å². The molecule has 3 fully saturated rings. The second-order valence-corrected chi connectivity index (χ2v) is 15.6. The Labute approximate surface area is 279 Å². The highest BCUT2D eigenvalue weighted by atomic mass is 16.5. The van der Waals surface area contributed by atoms with Gasteiger partial charge in [0.25, 0.3) is 0 Å². The SMILES string of the molecule is CCCN(C[C@]1(O)CC[C@H]2[C@]34C=C[C@@]5(C=C3C(=O)c3ccc(OC)cc3)CC(O)CC[C@]5(C)[C@H]4CC[C@@]21C)C(=O)Nc1ccccc1. The molecule has 2 aromatic rings. The van der Waals surface area contributed by atoms with Gasteiger partial charge in [-0.2, -0.15) is 0 Å². The van der Waals surface area contributed by atoms with Crippen LogP contribution in [0.3, 0.4) is 0 Å². The van der Waals surface area contributed by atoms with E-state index in [-0.39, 0.29) is 41.0 Å². The zero-order valence-electron chi connectivity index (χ0n) is 28.3. The molecule has 47 heavy (non-hydrogen) atoms. The first-order valence-electron chi connectivity index (χ1n) is 17.6. The van der Waals surface area contributed by atoms with E-state index in [2.05, 4.69) is 44.3 Å². The minimum Gasteiger partial charge on any atom is -0.497 e. The molecule has 7 heteroatoms. The third-order valence-electron chi connectivity index (χ3n) is 13.6. The number of methoxy groups -OCH3 is 1. The lowest BCUT2D eigenvalue weighted by Gasteiger charge is -2.71. The van der Waals surface area contributed by atoms with Crippen molar-refractivity contribution in [2.75, 3.05) is 25.5 Å². The number of amides is 2. The molecule has 2 bridgehead atoms. The van der Waals surface area contributed by atoms with E-state index in [1.807, 2.05) is 54.6 Å². The third-order valence-corrected chi connectivity index (χ3v) is 13.6. The predicted octanol–water partition coefficient (Wildman–Crippen LogP) is 7.41. The summed E-state index contributed by atoms with van der Waals surface area (Å²) in [5, 5.41) is 26.8. The molecule has 8 rings (SSSR count). The van der Waals surface area contributed by atoms with Crippen LogP contribution in [0, 0.1) is 33.5 Å². The van der Waals surface area contributed by atoms with Crippen LogP contribution in [-0.2, 0) is 0 Å². The van der Waals surface area contributed by atoms with Gasteiger partial charge in [-0.3, -0.25) is 4.79 Å². The van der Waals surface area contributed by atoms with E-state index in [9.17, 15) is 19.8 Å². The molecule has 7 nitrogen and oxygen atoms in total. The molecule has 2 spiro atoms. The Bertz CT molecular complexity index is 1600. The zero-order chi connectivity index (χ0) is 33.2. The minimum absolute atomic E-state index is 0.0195. The van der Waals surface area contributed by atoms with Gasteiger partial charge >= 0.3 is 6.03 Å². The summed E-state index contributed by atoms with van der Waals surface area (Å²) in [4.78, 5) is 30.2. The number of fused-ring (bicyclic) bond motifs is 1. The summed E-state index contributed by atoms with van der Waals surface area (Å²) >= 11 is 0. The van der Waals surface area contributed by atoms with Crippen LogP contribution in [0.5, 0.6) is 5.75 Å². The Kier molecular flexibility index (Phi) is 7.75. The summed E-state index contributed by atoms with van der Waals surface area (Å²) < 4.78 is 5.39. The van der Waals surface area contributed by atoms with Crippen LogP contribution in [0.2, 0.25) is 0 Å². The normalized spacial score (nSPS) is 38.1. The number of para-hydroxylation sites is 1. The highest BCUT2D eigenvalue weighted by molar-refractivity contribution is 6.10. The monoisotopic (exact) mass is 638 g/mol. The number of rotatable bonds is 8. The molecule has 0 aromatic heterocycles.